The van der Waals surface area contributed by atoms with Crippen molar-refractivity contribution in [1.29, 1.82) is 0 Å². The quantitative estimate of drug-likeness (QED) is 0.448. The number of H-pyrrole nitrogens is 1. The molecule has 1 fully saturated rings. The number of rotatable bonds is 6. The van der Waals surface area contributed by atoms with E-state index in [1.54, 1.807) is 19.1 Å². The number of aromatic nitrogens is 1. The molecule has 0 saturated carbocycles. The maximum absolute atomic E-state index is 14.3. The van der Waals surface area contributed by atoms with E-state index in [2.05, 4.69) is 4.98 Å². The maximum Gasteiger partial charge on any atom is 0.341 e. The third kappa shape index (κ3) is 4.16. The second kappa shape index (κ2) is 8.81. The summed E-state index contributed by atoms with van der Waals surface area (Å²) in [6, 6.07) is 10.1. The number of aryl methyl sites for hydroxylation is 1. The smallest absolute Gasteiger partial charge is 0.341 e. The zero-order valence-corrected chi connectivity index (χ0v) is 18.1. The first kappa shape index (κ1) is 22.1. The number of Topliss-reactive ketones (excluding diaryl/α,β-unsaturated/α-hetero) is 1. The van der Waals surface area contributed by atoms with Crippen molar-refractivity contribution in [3.63, 3.8) is 0 Å². The largest absolute Gasteiger partial charge is 0.454 e. The maximum atomic E-state index is 14.3. The number of sulfonamides is 1. The number of hydrogen-bond donors (Lipinski definition) is 1. The van der Waals surface area contributed by atoms with Crippen LogP contribution in [0.1, 0.15) is 26.4 Å². The minimum Gasteiger partial charge on any atom is -0.454 e. The van der Waals surface area contributed by atoms with Crippen LogP contribution in [0.15, 0.2) is 47.4 Å². The number of fused-ring (bicyclic) bond motifs is 1. The summed E-state index contributed by atoms with van der Waals surface area (Å²) in [7, 11) is -3.92. The molecule has 8 nitrogen and oxygen atoms in total. The highest BCUT2D eigenvalue weighted by Crippen LogP contribution is 2.23. The van der Waals surface area contributed by atoms with Crippen molar-refractivity contribution in [3.05, 3.63) is 65.1 Å². The first-order valence-electron chi connectivity index (χ1n) is 9.94. The molecule has 10 heteroatoms. The van der Waals surface area contributed by atoms with E-state index in [0.29, 0.717) is 16.6 Å². The van der Waals surface area contributed by atoms with E-state index >= 15 is 0 Å². The van der Waals surface area contributed by atoms with E-state index in [1.807, 2.05) is 12.1 Å². The van der Waals surface area contributed by atoms with E-state index in [-0.39, 0.29) is 31.2 Å². The van der Waals surface area contributed by atoms with Gasteiger partial charge in [0, 0.05) is 35.2 Å². The van der Waals surface area contributed by atoms with Crippen LogP contribution in [-0.2, 0) is 19.5 Å². The molecule has 3 aromatic rings. The fraction of sp³-hybridized carbons (Fsp3) is 0.273. The van der Waals surface area contributed by atoms with Crippen LogP contribution in [-0.4, -0.2) is 62.4 Å². The summed E-state index contributed by atoms with van der Waals surface area (Å²) in [5.41, 5.74) is 1.23. The van der Waals surface area contributed by atoms with Crippen molar-refractivity contribution in [2.75, 3.05) is 32.9 Å². The molecule has 1 saturated heterocycles. The molecule has 0 bridgehead atoms. The van der Waals surface area contributed by atoms with Gasteiger partial charge in [-0.3, -0.25) is 4.79 Å². The summed E-state index contributed by atoms with van der Waals surface area (Å²) in [4.78, 5) is 28.0. The molecular formula is C22H21FN2O6S. The minimum atomic E-state index is -3.92. The molecule has 2 aromatic carbocycles. The molecule has 0 atom stereocenters. The summed E-state index contributed by atoms with van der Waals surface area (Å²) in [6.45, 7) is 1.96. The fourth-order valence-corrected chi connectivity index (χ4v) is 5.11. The van der Waals surface area contributed by atoms with Crippen LogP contribution in [0.2, 0.25) is 0 Å². The molecule has 1 aliphatic rings. The molecule has 0 spiro atoms. The van der Waals surface area contributed by atoms with Crippen molar-refractivity contribution in [2.45, 2.75) is 11.8 Å². The van der Waals surface area contributed by atoms with Gasteiger partial charge in [-0.1, -0.05) is 18.2 Å². The molecular weight excluding hydrogens is 439 g/mol. The van der Waals surface area contributed by atoms with Crippen LogP contribution in [0.4, 0.5) is 4.39 Å². The monoisotopic (exact) mass is 460 g/mol. The van der Waals surface area contributed by atoms with E-state index in [9.17, 15) is 22.4 Å². The number of morpholine rings is 1. The number of nitrogens with zero attached hydrogens (tertiary/aromatic N) is 1. The highest BCUT2D eigenvalue weighted by atomic mass is 32.2. The SMILES string of the molecule is Cc1[nH]c2ccccc2c1C(=O)COC(=O)c1cc(S(=O)(=O)N2CCOCC2)ccc1F. The van der Waals surface area contributed by atoms with Crippen LogP contribution in [0.3, 0.4) is 0 Å². The Morgan fingerprint density at radius 2 is 1.88 bits per heavy atom. The topological polar surface area (TPSA) is 106 Å². The Morgan fingerprint density at radius 1 is 1.16 bits per heavy atom. The van der Waals surface area contributed by atoms with Crippen molar-refractivity contribution >= 4 is 32.7 Å². The number of carbonyl (C=O) groups excluding carboxylic acids is 2. The van der Waals surface area contributed by atoms with E-state index in [4.69, 9.17) is 9.47 Å². The normalized spacial score (nSPS) is 15.1. The molecule has 0 aliphatic carbocycles. The molecule has 1 aliphatic heterocycles. The molecule has 0 amide bonds. The lowest BCUT2D eigenvalue weighted by Gasteiger charge is -2.26. The Morgan fingerprint density at radius 3 is 2.62 bits per heavy atom. The van der Waals surface area contributed by atoms with E-state index in [1.165, 1.54) is 4.31 Å². The summed E-state index contributed by atoms with van der Waals surface area (Å²) in [5.74, 6) is -2.51. The van der Waals surface area contributed by atoms with Gasteiger partial charge in [-0.25, -0.2) is 17.6 Å². The standard InChI is InChI=1S/C22H21FN2O6S/c1-14-21(16-4-2-3-5-19(16)24-14)20(26)13-31-22(27)17-12-15(6-7-18(17)23)32(28,29)25-8-10-30-11-9-25/h2-7,12,24H,8-11,13H2,1H3. The number of halogens is 1. The Hall–Kier alpha value is -3.08. The number of carbonyl (C=O) groups is 2. The lowest BCUT2D eigenvalue weighted by Crippen LogP contribution is -2.40. The second-order valence-corrected chi connectivity index (χ2v) is 9.27. The van der Waals surface area contributed by atoms with Gasteiger partial charge in [0.25, 0.3) is 0 Å². The molecule has 168 valence electrons. The molecule has 0 unspecified atom stereocenters. The van der Waals surface area contributed by atoms with Gasteiger partial charge in [-0.2, -0.15) is 4.31 Å². The molecule has 0 radical (unpaired) electrons. The van der Waals surface area contributed by atoms with Gasteiger partial charge in [0.2, 0.25) is 15.8 Å². The van der Waals surface area contributed by atoms with Gasteiger partial charge >= 0.3 is 5.97 Å². The number of esters is 1. The van der Waals surface area contributed by atoms with Crippen LogP contribution in [0, 0.1) is 12.7 Å². The number of aromatic amines is 1. The highest BCUT2D eigenvalue weighted by molar-refractivity contribution is 7.89. The lowest BCUT2D eigenvalue weighted by atomic mass is 10.1. The summed E-state index contributed by atoms with van der Waals surface area (Å²) in [6.07, 6.45) is 0. The third-order valence-electron chi connectivity index (χ3n) is 5.27. The van der Waals surface area contributed by atoms with E-state index in [0.717, 1.165) is 23.7 Å². The second-order valence-electron chi connectivity index (χ2n) is 7.33. The van der Waals surface area contributed by atoms with Gasteiger partial charge in [-0.05, 0) is 31.2 Å². The number of hydrogen-bond acceptors (Lipinski definition) is 6. The van der Waals surface area contributed by atoms with Gasteiger partial charge in [0.1, 0.15) is 5.82 Å². The zero-order valence-electron chi connectivity index (χ0n) is 17.3. The predicted octanol–water partition coefficient (Wildman–Crippen LogP) is 2.68. The van der Waals surface area contributed by atoms with Crippen LogP contribution in [0.25, 0.3) is 10.9 Å². The fourth-order valence-electron chi connectivity index (χ4n) is 3.67. The molecule has 1 aromatic heterocycles. The van der Waals surface area contributed by atoms with Gasteiger partial charge in [-0.15, -0.1) is 0 Å². The first-order chi connectivity index (χ1) is 15.3. The van der Waals surface area contributed by atoms with Crippen LogP contribution < -0.4 is 0 Å². The van der Waals surface area contributed by atoms with E-state index < -0.39 is 39.8 Å². The number of ketones is 1. The summed E-state index contributed by atoms with van der Waals surface area (Å²) >= 11 is 0. The Labute approximate surface area is 184 Å². The first-order valence-corrected chi connectivity index (χ1v) is 11.4. The minimum absolute atomic E-state index is 0.165. The molecule has 32 heavy (non-hydrogen) atoms. The number of nitrogens with one attached hydrogen (secondary N) is 1. The number of para-hydroxylation sites is 1. The van der Waals surface area contributed by atoms with Crippen LogP contribution >= 0.6 is 0 Å². The molecule has 2 heterocycles. The Balaban J connectivity index is 1.53. The summed E-state index contributed by atoms with van der Waals surface area (Å²) < 4.78 is 51.3. The Kier molecular flexibility index (Phi) is 6.09. The molecule has 4 rings (SSSR count). The highest BCUT2D eigenvalue weighted by Gasteiger charge is 2.28. The molecule has 1 N–H and O–H groups in total. The van der Waals surface area contributed by atoms with Crippen molar-refractivity contribution in [3.8, 4) is 0 Å². The third-order valence-corrected chi connectivity index (χ3v) is 7.17. The zero-order chi connectivity index (χ0) is 22.9. The average Bonchev–Trinajstić information content (AvgIpc) is 3.13. The van der Waals surface area contributed by atoms with Crippen LogP contribution in [0.5, 0.6) is 0 Å². The summed E-state index contributed by atoms with van der Waals surface area (Å²) in [5, 5.41) is 0.691. The average molecular weight is 460 g/mol. The van der Waals surface area contributed by atoms with Gasteiger partial charge < -0.3 is 14.5 Å². The Bertz CT molecular complexity index is 1290. The number of ether oxygens (including phenoxy) is 2. The van der Waals surface area contributed by atoms with Gasteiger partial charge in [0.05, 0.1) is 23.7 Å². The predicted molar refractivity (Wildman–Crippen MR) is 114 cm³/mol. The van der Waals surface area contributed by atoms with Crippen molar-refractivity contribution < 1.29 is 31.9 Å². The lowest BCUT2D eigenvalue weighted by molar-refractivity contribution is 0.0470. The number of benzene rings is 2. The van der Waals surface area contributed by atoms with Gasteiger partial charge in [0.15, 0.2) is 6.61 Å². The van der Waals surface area contributed by atoms with Crippen molar-refractivity contribution in [1.82, 2.24) is 9.29 Å². The van der Waals surface area contributed by atoms with Crippen molar-refractivity contribution in [2.24, 2.45) is 0 Å².